The minimum atomic E-state index is 0.356. The molecule has 1 aliphatic carbocycles. The SMILES string of the molecule is Oc1cccc2c(NCC3CCC3)cccc12. The van der Waals surface area contributed by atoms with E-state index in [0.717, 1.165) is 28.9 Å². The Kier molecular flexibility index (Phi) is 2.63. The number of rotatable bonds is 3. The average molecular weight is 227 g/mol. The maximum atomic E-state index is 9.80. The molecule has 0 atom stereocenters. The van der Waals surface area contributed by atoms with Crippen molar-refractivity contribution in [1.29, 1.82) is 0 Å². The fourth-order valence-corrected chi connectivity index (χ4v) is 2.40. The normalized spacial score (nSPS) is 15.8. The van der Waals surface area contributed by atoms with Crippen molar-refractivity contribution in [2.45, 2.75) is 19.3 Å². The summed E-state index contributed by atoms with van der Waals surface area (Å²) in [5.74, 6) is 1.19. The number of anilines is 1. The van der Waals surface area contributed by atoms with Crippen molar-refractivity contribution in [2.24, 2.45) is 5.92 Å². The van der Waals surface area contributed by atoms with Gasteiger partial charge in [-0.2, -0.15) is 0 Å². The summed E-state index contributed by atoms with van der Waals surface area (Å²) in [6, 6.07) is 11.7. The molecule has 2 aromatic carbocycles. The number of phenols is 1. The molecule has 0 bridgehead atoms. The summed E-state index contributed by atoms with van der Waals surface area (Å²) in [6.07, 6.45) is 4.08. The highest BCUT2D eigenvalue weighted by Crippen LogP contribution is 2.31. The number of phenolic OH excluding ortho intramolecular Hbond substituents is 1. The third kappa shape index (κ3) is 1.95. The van der Waals surface area contributed by atoms with Gasteiger partial charge in [0.1, 0.15) is 5.75 Å². The number of nitrogens with one attached hydrogen (secondary N) is 1. The predicted octanol–water partition coefficient (Wildman–Crippen LogP) is 3.76. The van der Waals surface area contributed by atoms with Crippen molar-refractivity contribution >= 4 is 16.5 Å². The molecule has 0 aliphatic heterocycles. The van der Waals surface area contributed by atoms with Gasteiger partial charge in [0.15, 0.2) is 0 Å². The molecule has 1 aliphatic rings. The van der Waals surface area contributed by atoms with Gasteiger partial charge in [-0.05, 0) is 30.9 Å². The molecule has 2 aromatic rings. The summed E-state index contributed by atoms with van der Waals surface area (Å²) in [5, 5.41) is 15.3. The Balaban J connectivity index is 1.90. The molecule has 1 fully saturated rings. The highest BCUT2D eigenvalue weighted by molar-refractivity contribution is 5.97. The lowest BCUT2D eigenvalue weighted by molar-refractivity contribution is 0.333. The Morgan fingerprint density at radius 3 is 2.59 bits per heavy atom. The zero-order chi connectivity index (χ0) is 11.7. The van der Waals surface area contributed by atoms with E-state index in [4.69, 9.17) is 0 Å². The average Bonchev–Trinajstić information content (AvgIpc) is 2.28. The number of aromatic hydroxyl groups is 1. The summed E-state index contributed by atoms with van der Waals surface area (Å²) >= 11 is 0. The minimum absolute atomic E-state index is 0.356. The standard InChI is InChI=1S/C15H17NO/c17-15-9-3-6-12-13(15)7-2-8-14(12)16-10-11-4-1-5-11/h2-3,6-9,11,16-17H,1,4-5,10H2. The molecule has 0 saturated heterocycles. The summed E-state index contributed by atoms with van der Waals surface area (Å²) in [7, 11) is 0. The van der Waals surface area contributed by atoms with Crippen LogP contribution >= 0.6 is 0 Å². The molecule has 2 N–H and O–H groups in total. The smallest absolute Gasteiger partial charge is 0.123 e. The molecule has 0 radical (unpaired) electrons. The van der Waals surface area contributed by atoms with Crippen LogP contribution in [0, 0.1) is 5.92 Å². The van der Waals surface area contributed by atoms with Crippen LogP contribution in [-0.4, -0.2) is 11.7 Å². The lowest BCUT2D eigenvalue weighted by Crippen LogP contribution is -2.20. The van der Waals surface area contributed by atoms with Crippen LogP contribution in [0.2, 0.25) is 0 Å². The van der Waals surface area contributed by atoms with Gasteiger partial charge in [0.2, 0.25) is 0 Å². The molecule has 1 saturated carbocycles. The van der Waals surface area contributed by atoms with Gasteiger partial charge in [0.05, 0.1) is 0 Å². The van der Waals surface area contributed by atoms with Crippen LogP contribution in [0.4, 0.5) is 5.69 Å². The minimum Gasteiger partial charge on any atom is -0.507 e. The van der Waals surface area contributed by atoms with Crippen molar-refractivity contribution < 1.29 is 5.11 Å². The topological polar surface area (TPSA) is 32.3 Å². The largest absolute Gasteiger partial charge is 0.507 e. The van der Waals surface area contributed by atoms with Gasteiger partial charge in [-0.1, -0.05) is 30.7 Å². The quantitative estimate of drug-likeness (QED) is 0.836. The molecular formula is C15H17NO. The van der Waals surface area contributed by atoms with Gasteiger partial charge in [-0.3, -0.25) is 0 Å². The Hall–Kier alpha value is -1.70. The molecule has 2 heteroatoms. The third-order valence-corrected chi connectivity index (χ3v) is 3.70. The van der Waals surface area contributed by atoms with Crippen LogP contribution in [-0.2, 0) is 0 Å². The molecule has 0 unspecified atom stereocenters. The Bertz CT molecular complexity index is 531. The lowest BCUT2D eigenvalue weighted by atomic mass is 9.85. The Morgan fingerprint density at radius 1 is 1.06 bits per heavy atom. The molecule has 17 heavy (non-hydrogen) atoms. The predicted molar refractivity (Wildman–Crippen MR) is 71.4 cm³/mol. The monoisotopic (exact) mass is 227 g/mol. The first-order valence-electron chi connectivity index (χ1n) is 6.29. The fourth-order valence-electron chi connectivity index (χ4n) is 2.40. The molecule has 0 amide bonds. The first-order valence-corrected chi connectivity index (χ1v) is 6.29. The number of hydrogen-bond donors (Lipinski definition) is 2. The second kappa shape index (κ2) is 4.28. The highest BCUT2D eigenvalue weighted by atomic mass is 16.3. The van der Waals surface area contributed by atoms with Crippen molar-refractivity contribution in [1.82, 2.24) is 0 Å². The number of hydrogen-bond acceptors (Lipinski definition) is 2. The lowest BCUT2D eigenvalue weighted by Gasteiger charge is -2.26. The third-order valence-electron chi connectivity index (χ3n) is 3.70. The Labute approximate surface area is 101 Å². The van der Waals surface area contributed by atoms with E-state index in [1.165, 1.54) is 19.3 Å². The van der Waals surface area contributed by atoms with E-state index in [2.05, 4.69) is 17.4 Å². The van der Waals surface area contributed by atoms with E-state index >= 15 is 0 Å². The molecule has 0 aromatic heterocycles. The van der Waals surface area contributed by atoms with Crippen LogP contribution < -0.4 is 5.32 Å². The summed E-state index contributed by atoms with van der Waals surface area (Å²) in [5.41, 5.74) is 1.13. The van der Waals surface area contributed by atoms with Crippen molar-refractivity contribution in [2.75, 3.05) is 11.9 Å². The van der Waals surface area contributed by atoms with Crippen LogP contribution in [0.25, 0.3) is 10.8 Å². The van der Waals surface area contributed by atoms with E-state index in [1.54, 1.807) is 6.07 Å². The van der Waals surface area contributed by atoms with Gasteiger partial charge >= 0.3 is 0 Å². The zero-order valence-electron chi connectivity index (χ0n) is 9.82. The van der Waals surface area contributed by atoms with E-state index in [1.807, 2.05) is 18.2 Å². The maximum Gasteiger partial charge on any atom is 0.123 e. The zero-order valence-corrected chi connectivity index (χ0v) is 9.82. The van der Waals surface area contributed by atoms with Crippen LogP contribution in [0.3, 0.4) is 0 Å². The van der Waals surface area contributed by atoms with Gasteiger partial charge in [0, 0.05) is 23.0 Å². The van der Waals surface area contributed by atoms with Crippen LogP contribution in [0.1, 0.15) is 19.3 Å². The van der Waals surface area contributed by atoms with E-state index in [-0.39, 0.29) is 0 Å². The second-order valence-electron chi connectivity index (χ2n) is 4.86. The van der Waals surface area contributed by atoms with Crippen molar-refractivity contribution in [3.05, 3.63) is 36.4 Å². The Morgan fingerprint density at radius 2 is 1.82 bits per heavy atom. The molecular weight excluding hydrogens is 210 g/mol. The molecule has 0 heterocycles. The fraction of sp³-hybridized carbons (Fsp3) is 0.333. The summed E-state index contributed by atoms with van der Waals surface area (Å²) in [4.78, 5) is 0. The van der Waals surface area contributed by atoms with Gasteiger partial charge in [-0.25, -0.2) is 0 Å². The molecule has 0 spiro atoms. The first-order chi connectivity index (χ1) is 8.34. The van der Waals surface area contributed by atoms with E-state index < -0.39 is 0 Å². The van der Waals surface area contributed by atoms with Crippen LogP contribution in [0.15, 0.2) is 36.4 Å². The van der Waals surface area contributed by atoms with E-state index in [0.29, 0.717) is 5.75 Å². The number of benzene rings is 2. The first kappa shape index (κ1) is 10.5. The van der Waals surface area contributed by atoms with Crippen molar-refractivity contribution in [3.8, 4) is 5.75 Å². The maximum absolute atomic E-state index is 9.80. The van der Waals surface area contributed by atoms with Gasteiger partial charge in [0.25, 0.3) is 0 Å². The summed E-state index contributed by atoms with van der Waals surface area (Å²) < 4.78 is 0. The number of fused-ring (bicyclic) bond motifs is 1. The summed E-state index contributed by atoms with van der Waals surface area (Å²) in [6.45, 7) is 1.05. The van der Waals surface area contributed by atoms with Gasteiger partial charge in [-0.15, -0.1) is 0 Å². The molecule has 3 rings (SSSR count). The van der Waals surface area contributed by atoms with Gasteiger partial charge < -0.3 is 10.4 Å². The second-order valence-corrected chi connectivity index (χ2v) is 4.86. The molecule has 88 valence electrons. The molecule has 2 nitrogen and oxygen atoms in total. The van der Waals surface area contributed by atoms with E-state index in [9.17, 15) is 5.11 Å². The highest BCUT2D eigenvalue weighted by Gasteiger charge is 2.17. The van der Waals surface area contributed by atoms with Crippen molar-refractivity contribution in [3.63, 3.8) is 0 Å². The van der Waals surface area contributed by atoms with Crippen LogP contribution in [0.5, 0.6) is 5.75 Å².